The molecule has 3 N–H and O–H groups in total. The van der Waals surface area contributed by atoms with Crippen molar-refractivity contribution in [3.8, 4) is 0 Å². The van der Waals surface area contributed by atoms with Crippen LogP contribution in [0.25, 0.3) is 0 Å². The van der Waals surface area contributed by atoms with Gasteiger partial charge in [0, 0.05) is 12.5 Å². The summed E-state index contributed by atoms with van der Waals surface area (Å²) in [5.74, 6) is -0.140. The van der Waals surface area contributed by atoms with Gasteiger partial charge in [-0.15, -0.1) is 0 Å². The molecule has 0 aliphatic carbocycles. The van der Waals surface area contributed by atoms with Crippen LogP contribution in [0.1, 0.15) is 23.6 Å². The van der Waals surface area contributed by atoms with E-state index >= 15 is 0 Å². The highest BCUT2D eigenvalue weighted by atomic mass is 19.4. The summed E-state index contributed by atoms with van der Waals surface area (Å²) >= 11 is 0. The summed E-state index contributed by atoms with van der Waals surface area (Å²) in [5.41, 5.74) is 5.88. The number of carbonyl (C=O) groups is 1. The smallest absolute Gasteiger partial charge is 0.324 e. The Bertz CT molecular complexity index is 403. The lowest BCUT2D eigenvalue weighted by Gasteiger charge is -2.22. The van der Waals surface area contributed by atoms with Gasteiger partial charge in [-0.05, 0) is 37.2 Å². The zero-order valence-corrected chi connectivity index (χ0v) is 10.6. The van der Waals surface area contributed by atoms with Crippen molar-refractivity contribution < 1.29 is 18.0 Å². The monoisotopic (exact) mass is 274 g/mol. The number of benzene rings is 1. The van der Waals surface area contributed by atoms with Crippen LogP contribution in [-0.4, -0.2) is 19.9 Å². The van der Waals surface area contributed by atoms with Crippen molar-refractivity contribution in [1.29, 1.82) is 0 Å². The molecule has 1 rings (SSSR count). The van der Waals surface area contributed by atoms with Crippen LogP contribution in [0.3, 0.4) is 0 Å². The maximum atomic E-state index is 12.4. The highest BCUT2D eigenvalue weighted by Crippen LogP contribution is 2.30. The Morgan fingerprint density at radius 3 is 2.32 bits per heavy atom. The normalized spacial score (nSPS) is 15.0. The third kappa shape index (κ3) is 4.33. The molecule has 19 heavy (non-hydrogen) atoms. The molecule has 1 aromatic rings. The lowest BCUT2D eigenvalue weighted by atomic mass is 9.91. The Morgan fingerprint density at radius 1 is 1.32 bits per heavy atom. The first-order chi connectivity index (χ1) is 8.90. The van der Waals surface area contributed by atoms with Crippen molar-refractivity contribution in [2.75, 3.05) is 13.6 Å². The largest absolute Gasteiger partial charge is 0.416 e. The number of carbonyl (C=O) groups excluding carboxylic acids is 1. The molecule has 0 aromatic heterocycles. The Labute approximate surface area is 110 Å². The number of nitrogens with one attached hydrogen (secondary N) is 1. The molecule has 0 saturated carbocycles. The van der Waals surface area contributed by atoms with Crippen LogP contribution in [0.4, 0.5) is 13.2 Å². The summed E-state index contributed by atoms with van der Waals surface area (Å²) < 4.78 is 37.3. The maximum Gasteiger partial charge on any atom is 0.416 e. The SMILES string of the molecule is CNCC(CC=O)C(N)c1ccc(C(F)(F)F)cc1. The molecule has 2 unspecified atom stereocenters. The van der Waals surface area contributed by atoms with Crippen molar-refractivity contribution >= 4 is 6.29 Å². The number of alkyl halides is 3. The predicted octanol–water partition coefficient (Wildman–Crippen LogP) is 2.13. The van der Waals surface area contributed by atoms with Crippen molar-refractivity contribution in [3.63, 3.8) is 0 Å². The van der Waals surface area contributed by atoms with Gasteiger partial charge in [0.2, 0.25) is 0 Å². The minimum Gasteiger partial charge on any atom is -0.324 e. The van der Waals surface area contributed by atoms with Crippen LogP contribution < -0.4 is 11.1 Å². The summed E-state index contributed by atoms with van der Waals surface area (Å²) in [6.07, 6.45) is -3.31. The second kappa shape index (κ2) is 6.68. The second-order valence-corrected chi connectivity index (χ2v) is 4.37. The summed E-state index contributed by atoms with van der Waals surface area (Å²) in [5, 5.41) is 2.92. The molecule has 0 aliphatic rings. The number of hydrogen-bond donors (Lipinski definition) is 2. The van der Waals surface area contributed by atoms with E-state index in [4.69, 9.17) is 5.73 Å². The van der Waals surface area contributed by atoms with Crippen LogP contribution in [-0.2, 0) is 11.0 Å². The van der Waals surface area contributed by atoms with Gasteiger partial charge in [0.1, 0.15) is 6.29 Å². The van der Waals surface area contributed by atoms with E-state index in [1.165, 1.54) is 12.1 Å². The molecule has 2 atom stereocenters. The van der Waals surface area contributed by atoms with Gasteiger partial charge in [-0.2, -0.15) is 13.2 Å². The van der Waals surface area contributed by atoms with E-state index in [0.29, 0.717) is 12.1 Å². The fourth-order valence-electron chi connectivity index (χ4n) is 1.91. The molecule has 0 saturated heterocycles. The number of aldehydes is 1. The molecule has 0 radical (unpaired) electrons. The van der Waals surface area contributed by atoms with Crippen LogP contribution in [0.5, 0.6) is 0 Å². The number of rotatable bonds is 6. The number of nitrogens with two attached hydrogens (primary N) is 1. The molecule has 6 heteroatoms. The van der Waals surface area contributed by atoms with Gasteiger partial charge >= 0.3 is 6.18 Å². The lowest BCUT2D eigenvalue weighted by Crippen LogP contribution is -2.30. The highest BCUT2D eigenvalue weighted by Gasteiger charge is 2.30. The zero-order chi connectivity index (χ0) is 14.5. The van der Waals surface area contributed by atoms with E-state index in [9.17, 15) is 18.0 Å². The molecule has 0 spiro atoms. The summed E-state index contributed by atoms with van der Waals surface area (Å²) in [6.45, 7) is 0.529. The fraction of sp³-hybridized carbons (Fsp3) is 0.462. The Morgan fingerprint density at radius 2 is 1.89 bits per heavy atom. The number of halogens is 3. The summed E-state index contributed by atoms with van der Waals surface area (Å²) in [4.78, 5) is 10.6. The van der Waals surface area contributed by atoms with E-state index in [1.54, 1.807) is 7.05 Å². The maximum absolute atomic E-state index is 12.4. The van der Waals surface area contributed by atoms with Gasteiger partial charge in [0.05, 0.1) is 5.56 Å². The van der Waals surface area contributed by atoms with Gasteiger partial charge in [0.25, 0.3) is 0 Å². The van der Waals surface area contributed by atoms with E-state index in [0.717, 1.165) is 18.4 Å². The van der Waals surface area contributed by atoms with E-state index < -0.39 is 17.8 Å². The summed E-state index contributed by atoms with van der Waals surface area (Å²) in [6, 6.07) is 4.26. The van der Waals surface area contributed by atoms with Gasteiger partial charge < -0.3 is 15.8 Å². The lowest BCUT2D eigenvalue weighted by molar-refractivity contribution is -0.137. The molecule has 106 valence electrons. The second-order valence-electron chi connectivity index (χ2n) is 4.37. The van der Waals surface area contributed by atoms with Crippen LogP contribution in [0.2, 0.25) is 0 Å². The van der Waals surface area contributed by atoms with Crippen molar-refractivity contribution in [2.24, 2.45) is 11.7 Å². The Kier molecular flexibility index (Phi) is 5.50. The Hall–Kier alpha value is -1.40. The molecule has 0 fully saturated rings. The van der Waals surface area contributed by atoms with Crippen molar-refractivity contribution in [2.45, 2.75) is 18.6 Å². The van der Waals surface area contributed by atoms with Gasteiger partial charge in [0.15, 0.2) is 0 Å². The predicted molar refractivity (Wildman–Crippen MR) is 66.5 cm³/mol. The van der Waals surface area contributed by atoms with E-state index in [1.807, 2.05) is 0 Å². The van der Waals surface area contributed by atoms with E-state index in [-0.39, 0.29) is 12.3 Å². The standard InChI is InChI=1S/C13H17F3N2O/c1-18-8-10(6-7-19)12(17)9-2-4-11(5-3-9)13(14,15)16/h2-5,7,10,12,18H,6,8,17H2,1H3. The Balaban J connectivity index is 2.86. The molecule has 0 aliphatic heterocycles. The third-order valence-corrected chi connectivity index (χ3v) is 3.00. The molecule has 0 heterocycles. The molecule has 0 bridgehead atoms. The van der Waals surface area contributed by atoms with Crippen molar-refractivity contribution in [3.05, 3.63) is 35.4 Å². The first-order valence-corrected chi connectivity index (χ1v) is 5.91. The average Bonchev–Trinajstić information content (AvgIpc) is 2.37. The van der Waals surface area contributed by atoms with Crippen LogP contribution in [0, 0.1) is 5.92 Å². The summed E-state index contributed by atoms with van der Waals surface area (Å²) in [7, 11) is 1.73. The molecule has 0 amide bonds. The van der Waals surface area contributed by atoms with Crippen molar-refractivity contribution in [1.82, 2.24) is 5.32 Å². The molecule has 1 aromatic carbocycles. The fourth-order valence-corrected chi connectivity index (χ4v) is 1.91. The van der Waals surface area contributed by atoms with Crippen LogP contribution in [0.15, 0.2) is 24.3 Å². The topological polar surface area (TPSA) is 55.1 Å². The first-order valence-electron chi connectivity index (χ1n) is 5.91. The minimum absolute atomic E-state index is 0.140. The first kappa shape index (κ1) is 15.7. The molecule has 3 nitrogen and oxygen atoms in total. The minimum atomic E-state index is -4.35. The third-order valence-electron chi connectivity index (χ3n) is 3.00. The molecular formula is C13H17F3N2O. The zero-order valence-electron chi connectivity index (χ0n) is 10.6. The van der Waals surface area contributed by atoms with Gasteiger partial charge in [-0.25, -0.2) is 0 Å². The molecular weight excluding hydrogens is 257 g/mol. The van der Waals surface area contributed by atoms with Crippen LogP contribution >= 0.6 is 0 Å². The van der Waals surface area contributed by atoms with Gasteiger partial charge in [-0.1, -0.05) is 12.1 Å². The highest BCUT2D eigenvalue weighted by molar-refractivity contribution is 5.50. The van der Waals surface area contributed by atoms with E-state index in [2.05, 4.69) is 5.32 Å². The van der Waals surface area contributed by atoms with Gasteiger partial charge in [-0.3, -0.25) is 0 Å². The number of hydrogen-bond acceptors (Lipinski definition) is 3. The average molecular weight is 274 g/mol. The quantitative estimate of drug-likeness (QED) is 0.781.